The highest BCUT2D eigenvalue weighted by atomic mass is 35.5. The van der Waals surface area contributed by atoms with Crippen molar-refractivity contribution in [1.29, 1.82) is 0 Å². The number of rotatable bonds is 2. The lowest BCUT2D eigenvalue weighted by atomic mass is 9.99. The highest BCUT2D eigenvalue weighted by molar-refractivity contribution is 6.30. The van der Waals surface area contributed by atoms with E-state index >= 15 is 0 Å². The summed E-state index contributed by atoms with van der Waals surface area (Å²) >= 11 is 6.23. The fourth-order valence-corrected chi connectivity index (χ4v) is 4.02. The molecule has 0 saturated carbocycles. The molecule has 2 aliphatic heterocycles. The van der Waals surface area contributed by atoms with Crippen molar-refractivity contribution in [2.45, 2.75) is 12.6 Å². The fourth-order valence-electron chi connectivity index (χ4n) is 3.82. The lowest BCUT2D eigenvalue weighted by Gasteiger charge is -2.37. The third-order valence-corrected chi connectivity index (χ3v) is 5.32. The van der Waals surface area contributed by atoms with Gasteiger partial charge in [-0.15, -0.1) is 0 Å². The Kier molecular flexibility index (Phi) is 3.83. The van der Waals surface area contributed by atoms with Gasteiger partial charge in [-0.1, -0.05) is 23.7 Å². The van der Waals surface area contributed by atoms with Crippen LogP contribution < -0.4 is 9.47 Å². The number of nitrogens with zero attached hydrogens (tertiary/aromatic N) is 2. The first-order chi connectivity index (χ1) is 13.2. The molecule has 1 unspecified atom stereocenters. The lowest BCUT2D eigenvalue weighted by Crippen LogP contribution is -2.42. The molecule has 0 aliphatic carbocycles. The summed E-state index contributed by atoms with van der Waals surface area (Å²) in [6.07, 6.45) is 2.05. The average Bonchev–Trinajstić information content (AvgIpc) is 3.34. The minimum absolute atomic E-state index is 0.0364. The molecular formula is C21H17ClN2O3. The maximum absolute atomic E-state index is 13.4. The van der Waals surface area contributed by atoms with Crippen molar-refractivity contribution in [3.05, 3.63) is 82.6 Å². The van der Waals surface area contributed by atoms with Crippen molar-refractivity contribution in [1.82, 2.24) is 9.47 Å². The van der Waals surface area contributed by atoms with Gasteiger partial charge in [-0.3, -0.25) is 4.79 Å². The largest absolute Gasteiger partial charge is 0.454 e. The number of aromatic nitrogens is 1. The maximum atomic E-state index is 13.4. The molecule has 2 aromatic carbocycles. The Morgan fingerprint density at radius 1 is 1.00 bits per heavy atom. The zero-order valence-electron chi connectivity index (χ0n) is 14.5. The standard InChI is InChI=1S/C21H17ClN2O3/c22-16-4-1-3-14(11-16)20-17-5-2-8-23(17)9-10-24(20)21(25)15-6-7-18-19(12-15)27-13-26-18/h1-8,11-12,20H,9-10,13H2. The number of fused-ring (bicyclic) bond motifs is 2. The van der Waals surface area contributed by atoms with E-state index in [1.165, 1.54) is 0 Å². The van der Waals surface area contributed by atoms with Crippen LogP contribution in [-0.2, 0) is 6.54 Å². The minimum atomic E-state index is -0.189. The van der Waals surface area contributed by atoms with Crippen LogP contribution in [0.3, 0.4) is 0 Å². The number of carbonyl (C=O) groups excluding carboxylic acids is 1. The first-order valence-corrected chi connectivity index (χ1v) is 9.19. The Hall–Kier alpha value is -2.92. The van der Waals surface area contributed by atoms with Crippen LogP contribution in [0.1, 0.15) is 27.7 Å². The molecule has 0 fully saturated rings. The summed E-state index contributed by atoms with van der Waals surface area (Å²) in [6, 6.07) is 16.9. The number of carbonyl (C=O) groups is 1. The first kappa shape index (κ1) is 16.3. The molecule has 136 valence electrons. The van der Waals surface area contributed by atoms with Crippen LogP contribution in [0.15, 0.2) is 60.8 Å². The zero-order chi connectivity index (χ0) is 18.4. The highest BCUT2D eigenvalue weighted by Crippen LogP contribution is 2.37. The van der Waals surface area contributed by atoms with Crippen molar-refractivity contribution in [2.24, 2.45) is 0 Å². The predicted octanol–water partition coefficient (Wildman–Crippen LogP) is 4.12. The second-order valence-electron chi connectivity index (χ2n) is 6.65. The monoisotopic (exact) mass is 380 g/mol. The Morgan fingerprint density at radius 3 is 2.78 bits per heavy atom. The van der Waals surface area contributed by atoms with Gasteiger partial charge in [0, 0.05) is 35.6 Å². The SMILES string of the molecule is O=C(c1ccc2c(c1)OCO2)N1CCn2cccc2C1c1cccc(Cl)c1. The predicted molar refractivity (Wildman–Crippen MR) is 101 cm³/mol. The maximum Gasteiger partial charge on any atom is 0.254 e. The van der Waals surface area contributed by atoms with Crippen molar-refractivity contribution >= 4 is 17.5 Å². The molecule has 1 amide bonds. The third kappa shape index (κ3) is 2.75. The van der Waals surface area contributed by atoms with Gasteiger partial charge < -0.3 is 18.9 Å². The van der Waals surface area contributed by atoms with Crippen LogP contribution in [0.5, 0.6) is 11.5 Å². The van der Waals surface area contributed by atoms with Gasteiger partial charge in [0.1, 0.15) is 0 Å². The van der Waals surface area contributed by atoms with Crippen LogP contribution in [0.25, 0.3) is 0 Å². The number of amides is 1. The van der Waals surface area contributed by atoms with Gasteiger partial charge in [-0.05, 0) is 48.0 Å². The zero-order valence-corrected chi connectivity index (χ0v) is 15.2. The number of halogens is 1. The molecule has 0 radical (unpaired) electrons. The van der Waals surface area contributed by atoms with Gasteiger partial charge in [-0.2, -0.15) is 0 Å². The summed E-state index contributed by atoms with van der Waals surface area (Å²) in [5.41, 5.74) is 2.67. The highest BCUT2D eigenvalue weighted by Gasteiger charge is 2.33. The van der Waals surface area contributed by atoms with Gasteiger partial charge >= 0.3 is 0 Å². The number of hydrogen-bond acceptors (Lipinski definition) is 3. The van der Waals surface area contributed by atoms with Crippen molar-refractivity contribution in [3.8, 4) is 11.5 Å². The van der Waals surface area contributed by atoms with Gasteiger partial charge in [0.05, 0.1) is 6.04 Å². The Bertz CT molecular complexity index is 1030. The van der Waals surface area contributed by atoms with E-state index in [1.54, 1.807) is 18.2 Å². The molecule has 1 aromatic heterocycles. The molecule has 0 saturated heterocycles. The van der Waals surface area contributed by atoms with Crippen LogP contribution in [0.4, 0.5) is 0 Å². The van der Waals surface area contributed by atoms with E-state index in [0.29, 0.717) is 28.6 Å². The molecule has 5 nitrogen and oxygen atoms in total. The average molecular weight is 381 g/mol. The van der Waals surface area contributed by atoms with Gasteiger partial charge in [0.2, 0.25) is 6.79 Å². The fraction of sp³-hybridized carbons (Fsp3) is 0.190. The summed E-state index contributed by atoms with van der Waals surface area (Å²) in [6.45, 7) is 1.57. The molecule has 3 aromatic rings. The van der Waals surface area contributed by atoms with E-state index in [-0.39, 0.29) is 18.7 Å². The number of hydrogen-bond donors (Lipinski definition) is 0. The summed E-state index contributed by atoms with van der Waals surface area (Å²) in [7, 11) is 0. The quantitative estimate of drug-likeness (QED) is 0.671. The molecule has 27 heavy (non-hydrogen) atoms. The van der Waals surface area contributed by atoms with E-state index in [4.69, 9.17) is 21.1 Å². The van der Waals surface area contributed by atoms with Gasteiger partial charge in [0.25, 0.3) is 5.91 Å². The van der Waals surface area contributed by atoms with Crippen LogP contribution in [0, 0.1) is 0 Å². The Morgan fingerprint density at radius 2 is 1.89 bits per heavy atom. The lowest BCUT2D eigenvalue weighted by molar-refractivity contribution is 0.0663. The molecule has 0 N–H and O–H groups in total. The van der Waals surface area contributed by atoms with E-state index in [2.05, 4.69) is 16.8 Å². The van der Waals surface area contributed by atoms with Gasteiger partial charge in [-0.25, -0.2) is 0 Å². The molecule has 2 aliphatic rings. The smallest absolute Gasteiger partial charge is 0.254 e. The second-order valence-corrected chi connectivity index (χ2v) is 7.09. The molecule has 0 bridgehead atoms. The van der Waals surface area contributed by atoms with Crippen molar-refractivity contribution in [3.63, 3.8) is 0 Å². The van der Waals surface area contributed by atoms with Crippen LogP contribution in [0.2, 0.25) is 5.02 Å². The Balaban J connectivity index is 1.56. The minimum Gasteiger partial charge on any atom is -0.454 e. The van der Waals surface area contributed by atoms with E-state index in [1.807, 2.05) is 35.2 Å². The molecule has 1 atom stereocenters. The number of ether oxygens (including phenoxy) is 2. The molecule has 5 rings (SSSR count). The van der Waals surface area contributed by atoms with E-state index in [0.717, 1.165) is 17.8 Å². The molecular weight excluding hydrogens is 364 g/mol. The van der Waals surface area contributed by atoms with Gasteiger partial charge in [0.15, 0.2) is 11.5 Å². The summed E-state index contributed by atoms with van der Waals surface area (Å²) < 4.78 is 13.0. The van der Waals surface area contributed by atoms with Crippen LogP contribution >= 0.6 is 11.6 Å². The molecule has 6 heteroatoms. The Labute approximate surface area is 161 Å². The van der Waals surface area contributed by atoms with E-state index in [9.17, 15) is 4.79 Å². The van der Waals surface area contributed by atoms with Crippen LogP contribution in [-0.4, -0.2) is 28.7 Å². The first-order valence-electron chi connectivity index (χ1n) is 8.82. The van der Waals surface area contributed by atoms with E-state index < -0.39 is 0 Å². The normalized spacial score (nSPS) is 17.7. The van der Waals surface area contributed by atoms with Crippen molar-refractivity contribution in [2.75, 3.05) is 13.3 Å². The molecule has 3 heterocycles. The third-order valence-electron chi connectivity index (χ3n) is 5.08. The van der Waals surface area contributed by atoms with Crippen molar-refractivity contribution < 1.29 is 14.3 Å². The summed E-state index contributed by atoms with van der Waals surface area (Å²) in [5.74, 6) is 1.25. The number of benzene rings is 2. The topological polar surface area (TPSA) is 43.7 Å². The summed E-state index contributed by atoms with van der Waals surface area (Å²) in [4.78, 5) is 15.3. The summed E-state index contributed by atoms with van der Waals surface area (Å²) in [5, 5.41) is 0.659. The molecule has 0 spiro atoms. The second kappa shape index (κ2) is 6.35.